The molecule has 0 saturated carbocycles. The molecular formula is C24H20FNO5. The summed E-state index contributed by atoms with van der Waals surface area (Å²) in [5.74, 6) is -2.25. The van der Waals surface area contributed by atoms with Crippen LogP contribution in [0.25, 0.3) is 5.76 Å². The van der Waals surface area contributed by atoms with Crippen LogP contribution in [0.4, 0.5) is 4.39 Å². The van der Waals surface area contributed by atoms with E-state index in [0.29, 0.717) is 11.3 Å². The molecule has 0 spiro atoms. The third-order valence-corrected chi connectivity index (χ3v) is 5.26. The van der Waals surface area contributed by atoms with Gasteiger partial charge in [0.2, 0.25) is 0 Å². The van der Waals surface area contributed by atoms with Crippen LogP contribution in [0.15, 0.2) is 70.9 Å². The molecule has 2 aromatic carbocycles. The second kappa shape index (κ2) is 8.10. The summed E-state index contributed by atoms with van der Waals surface area (Å²) in [6, 6.07) is 13.7. The monoisotopic (exact) mass is 421 g/mol. The van der Waals surface area contributed by atoms with Crippen molar-refractivity contribution in [3.63, 3.8) is 0 Å². The first-order chi connectivity index (χ1) is 14.9. The van der Waals surface area contributed by atoms with E-state index in [2.05, 4.69) is 0 Å². The van der Waals surface area contributed by atoms with Gasteiger partial charge in [0.1, 0.15) is 11.5 Å². The van der Waals surface area contributed by atoms with E-state index < -0.39 is 29.3 Å². The minimum Gasteiger partial charge on any atom is -0.507 e. The van der Waals surface area contributed by atoms with Crippen LogP contribution in [0.5, 0.6) is 5.75 Å². The minimum atomic E-state index is -0.851. The summed E-state index contributed by atoms with van der Waals surface area (Å²) in [5.41, 5.74) is 1.62. The van der Waals surface area contributed by atoms with Gasteiger partial charge >= 0.3 is 0 Å². The van der Waals surface area contributed by atoms with Crippen molar-refractivity contribution >= 4 is 17.4 Å². The van der Waals surface area contributed by atoms with Crippen molar-refractivity contribution in [1.82, 2.24) is 4.90 Å². The second-order valence-electron chi connectivity index (χ2n) is 7.27. The molecule has 1 amide bonds. The maximum absolute atomic E-state index is 14.2. The Hall–Kier alpha value is -3.87. The van der Waals surface area contributed by atoms with Gasteiger partial charge in [-0.2, -0.15) is 0 Å². The number of ketones is 1. The van der Waals surface area contributed by atoms with Gasteiger partial charge in [-0.3, -0.25) is 9.59 Å². The number of rotatable bonds is 5. The predicted molar refractivity (Wildman–Crippen MR) is 111 cm³/mol. The van der Waals surface area contributed by atoms with Crippen molar-refractivity contribution in [3.8, 4) is 5.75 Å². The number of furan rings is 1. The van der Waals surface area contributed by atoms with Crippen LogP contribution in [0.2, 0.25) is 0 Å². The highest BCUT2D eigenvalue weighted by atomic mass is 19.1. The van der Waals surface area contributed by atoms with E-state index in [1.807, 2.05) is 19.1 Å². The van der Waals surface area contributed by atoms with E-state index in [1.165, 1.54) is 30.4 Å². The molecule has 31 heavy (non-hydrogen) atoms. The zero-order valence-electron chi connectivity index (χ0n) is 17.0. The Kier molecular flexibility index (Phi) is 5.33. The van der Waals surface area contributed by atoms with Crippen LogP contribution in [0.3, 0.4) is 0 Å². The Bertz CT molecular complexity index is 1170. The van der Waals surface area contributed by atoms with Gasteiger partial charge in [-0.15, -0.1) is 0 Å². The molecule has 7 heteroatoms. The molecular weight excluding hydrogens is 401 g/mol. The average molecular weight is 421 g/mol. The average Bonchev–Trinajstić information content (AvgIpc) is 3.36. The summed E-state index contributed by atoms with van der Waals surface area (Å²) < 4.78 is 24.5. The number of benzene rings is 2. The number of hydrogen-bond acceptors (Lipinski definition) is 5. The highest BCUT2D eigenvalue weighted by molar-refractivity contribution is 6.46. The van der Waals surface area contributed by atoms with Crippen molar-refractivity contribution in [2.45, 2.75) is 19.5 Å². The largest absolute Gasteiger partial charge is 0.507 e. The lowest BCUT2D eigenvalue weighted by atomic mass is 9.94. The molecule has 1 atom stereocenters. The number of methoxy groups -OCH3 is 1. The van der Waals surface area contributed by atoms with Crippen LogP contribution < -0.4 is 4.74 Å². The van der Waals surface area contributed by atoms with E-state index >= 15 is 0 Å². The molecule has 2 heterocycles. The molecule has 1 aromatic heterocycles. The zero-order chi connectivity index (χ0) is 22.1. The molecule has 1 unspecified atom stereocenters. The van der Waals surface area contributed by atoms with E-state index in [9.17, 15) is 19.1 Å². The van der Waals surface area contributed by atoms with Gasteiger partial charge in [-0.25, -0.2) is 4.39 Å². The Morgan fingerprint density at radius 3 is 2.52 bits per heavy atom. The number of hydrogen-bond donors (Lipinski definition) is 1. The first-order valence-electron chi connectivity index (χ1n) is 9.62. The number of nitrogens with zero attached hydrogens (tertiary/aromatic N) is 1. The fraction of sp³-hybridized carbons (Fsp3) is 0.167. The number of halogens is 1. The third kappa shape index (κ3) is 3.70. The molecule has 0 aliphatic carbocycles. The number of ether oxygens (including phenoxy) is 1. The molecule has 1 aliphatic rings. The minimum absolute atomic E-state index is 0.00454. The summed E-state index contributed by atoms with van der Waals surface area (Å²) >= 11 is 0. The first-order valence-corrected chi connectivity index (χ1v) is 9.62. The quantitative estimate of drug-likeness (QED) is 0.376. The number of amides is 1. The van der Waals surface area contributed by atoms with E-state index in [1.54, 1.807) is 24.3 Å². The van der Waals surface area contributed by atoms with Crippen LogP contribution in [0.1, 0.15) is 28.5 Å². The first kappa shape index (κ1) is 20.4. The molecule has 6 nitrogen and oxygen atoms in total. The molecule has 1 fully saturated rings. The summed E-state index contributed by atoms with van der Waals surface area (Å²) in [6.45, 7) is 1.97. The van der Waals surface area contributed by atoms with Gasteiger partial charge in [0.05, 0.1) is 31.5 Å². The molecule has 1 saturated heterocycles. The highest BCUT2D eigenvalue weighted by Gasteiger charge is 2.46. The number of aliphatic hydroxyl groups excluding tert-OH is 1. The van der Waals surface area contributed by atoms with Crippen LogP contribution in [0, 0.1) is 12.7 Å². The second-order valence-corrected chi connectivity index (χ2v) is 7.27. The molecule has 1 aliphatic heterocycles. The lowest BCUT2D eigenvalue weighted by Crippen LogP contribution is -2.29. The Morgan fingerprint density at radius 2 is 1.90 bits per heavy atom. The van der Waals surface area contributed by atoms with Gasteiger partial charge in [-0.05, 0) is 42.8 Å². The Balaban J connectivity index is 1.86. The van der Waals surface area contributed by atoms with Crippen molar-refractivity contribution < 1.29 is 28.2 Å². The maximum Gasteiger partial charge on any atom is 0.296 e. The Morgan fingerprint density at radius 1 is 1.16 bits per heavy atom. The number of carbonyl (C=O) groups excluding carboxylic acids is 2. The number of aryl methyl sites for hydroxylation is 1. The van der Waals surface area contributed by atoms with Gasteiger partial charge in [0.25, 0.3) is 11.7 Å². The standard InChI is InChI=1S/C24H20FNO5/c1-14-5-7-15(8-6-14)21-20(22(27)16-9-10-19(30-2)18(25)12-16)23(28)24(29)26(21)13-17-4-3-11-31-17/h3-12,21,27H,13H2,1-2H3/b22-20+. The van der Waals surface area contributed by atoms with Crippen molar-refractivity contribution in [3.05, 3.63) is 94.7 Å². The SMILES string of the molecule is COc1ccc(/C(O)=C2\C(=O)C(=O)N(Cc3ccco3)C2c2ccc(C)cc2)cc1F. The number of likely N-dealkylation sites (tertiary alicyclic amines) is 1. The highest BCUT2D eigenvalue weighted by Crippen LogP contribution is 2.40. The third-order valence-electron chi connectivity index (χ3n) is 5.26. The molecule has 0 bridgehead atoms. The smallest absolute Gasteiger partial charge is 0.296 e. The van der Waals surface area contributed by atoms with Gasteiger partial charge in [0, 0.05) is 5.56 Å². The van der Waals surface area contributed by atoms with Crippen molar-refractivity contribution in [1.29, 1.82) is 0 Å². The molecule has 158 valence electrons. The van der Waals surface area contributed by atoms with Crippen molar-refractivity contribution in [2.24, 2.45) is 0 Å². The van der Waals surface area contributed by atoms with Gasteiger partial charge < -0.3 is 19.2 Å². The summed E-state index contributed by atoms with van der Waals surface area (Å²) in [7, 11) is 1.33. The molecule has 4 rings (SSSR count). The number of carbonyl (C=O) groups is 2. The normalized spacial score (nSPS) is 17.9. The van der Waals surface area contributed by atoms with E-state index in [4.69, 9.17) is 9.15 Å². The molecule has 0 radical (unpaired) electrons. The van der Waals surface area contributed by atoms with E-state index in [0.717, 1.165) is 11.6 Å². The van der Waals surface area contributed by atoms with Crippen LogP contribution >= 0.6 is 0 Å². The van der Waals surface area contributed by atoms with E-state index in [-0.39, 0.29) is 23.4 Å². The fourth-order valence-electron chi connectivity index (χ4n) is 3.68. The molecule has 3 aromatic rings. The lowest BCUT2D eigenvalue weighted by Gasteiger charge is -2.24. The fourth-order valence-corrected chi connectivity index (χ4v) is 3.68. The predicted octanol–water partition coefficient (Wildman–Crippen LogP) is 4.36. The summed E-state index contributed by atoms with van der Waals surface area (Å²) in [4.78, 5) is 27.2. The van der Waals surface area contributed by atoms with Gasteiger partial charge in [0.15, 0.2) is 11.6 Å². The summed E-state index contributed by atoms with van der Waals surface area (Å²) in [6.07, 6.45) is 1.48. The topological polar surface area (TPSA) is 80.0 Å². The lowest BCUT2D eigenvalue weighted by molar-refractivity contribution is -0.140. The summed E-state index contributed by atoms with van der Waals surface area (Å²) in [5, 5.41) is 11.0. The zero-order valence-corrected chi connectivity index (χ0v) is 17.0. The molecule has 1 N–H and O–H groups in total. The number of aliphatic hydroxyl groups is 1. The van der Waals surface area contributed by atoms with Crippen LogP contribution in [-0.4, -0.2) is 28.8 Å². The van der Waals surface area contributed by atoms with Crippen LogP contribution in [-0.2, 0) is 16.1 Å². The van der Waals surface area contributed by atoms with Crippen molar-refractivity contribution in [2.75, 3.05) is 7.11 Å². The Labute approximate surface area is 178 Å². The maximum atomic E-state index is 14.2. The van der Waals surface area contributed by atoms with Gasteiger partial charge in [-0.1, -0.05) is 29.8 Å². The number of Topliss-reactive ketones (excluding diaryl/α,β-unsaturated/α-hetero) is 1.